The maximum Gasteiger partial charge on any atom is 0.250 e. The van der Waals surface area contributed by atoms with Crippen LogP contribution in [-0.2, 0) is 16.6 Å². The van der Waals surface area contributed by atoms with Crippen LogP contribution in [0.1, 0.15) is 30.6 Å². The fraction of sp³-hybridized carbons (Fsp3) is 0.667. The first kappa shape index (κ1) is 12.6. The van der Waals surface area contributed by atoms with Crippen LogP contribution in [0.15, 0.2) is 16.3 Å². The molecule has 6 heteroatoms. The lowest BCUT2D eigenvalue weighted by Gasteiger charge is -2.14. The Kier molecular flexibility index (Phi) is 3.01. The summed E-state index contributed by atoms with van der Waals surface area (Å²) in [7, 11) is -3.39. The number of nitrogens with one attached hydrogen (secondary N) is 1. The van der Waals surface area contributed by atoms with Crippen molar-refractivity contribution < 1.29 is 13.5 Å². The lowest BCUT2D eigenvalue weighted by Crippen LogP contribution is -2.30. The molecule has 4 nitrogen and oxygen atoms in total. The monoisotopic (exact) mass is 287 g/mol. The summed E-state index contributed by atoms with van der Waals surface area (Å²) in [5.74, 6) is 0.747. The normalized spacial score (nSPS) is 22.1. The summed E-state index contributed by atoms with van der Waals surface area (Å²) in [5.41, 5.74) is 0.268. The molecule has 1 heterocycles. The highest BCUT2D eigenvalue weighted by Gasteiger charge is 2.53. The van der Waals surface area contributed by atoms with E-state index in [1.165, 1.54) is 12.8 Å². The van der Waals surface area contributed by atoms with Crippen LogP contribution in [0, 0.1) is 11.3 Å². The number of hydrogen-bond donors (Lipinski definition) is 2. The van der Waals surface area contributed by atoms with E-state index in [9.17, 15) is 8.42 Å². The topological polar surface area (TPSA) is 66.4 Å². The molecule has 0 radical (unpaired) electrons. The molecule has 18 heavy (non-hydrogen) atoms. The summed E-state index contributed by atoms with van der Waals surface area (Å²) >= 11 is 1.13. The number of aliphatic hydroxyl groups excluding tert-OH is 1. The molecule has 2 saturated carbocycles. The highest BCUT2D eigenvalue weighted by Crippen LogP contribution is 2.60. The van der Waals surface area contributed by atoms with Gasteiger partial charge in [0.15, 0.2) is 0 Å². The van der Waals surface area contributed by atoms with Crippen LogP contribution < -0.4 is 4.72 Å². The fourth-order valence-corrected chi connectivity index (χ4v) is 4.88. The van der Waals surface area contributed by atoms with E-state index < -0.39 is 10.0 Å². The molecule has 3 rings (SSSR count). The van der Waals surface area contributed by atoms with Crippen LogP contribution in [-0.4, -0.2) is 20.1 Å². The Labute approximate surface area is 111 Å². The highest BCUT2D eigenvalue weighted by molar-refractivity contribution is 7.91. The van der Waals surface area contributed by atoms with Crippen molar-refractivity contribution in [2.24, 2.45) is 11.3 Å². The lowest BCUT2D eigenvalue weighted by atomic mass is 10.0. The summed E-state index contributed by atoms with van der Waals surface area (Å²) in [4.78, 5) is 0.679. The van der Waals surface area contributed by atoms with Crippen LogP contribution in [0.4, 0.5) is 0 Å². The number of hydrogen-bond acceptors (Lipinski definition) is 4. The predicted octanol–water partition coefficient (Wildman–Crippen LogP) is 1.71. The van der Waals surface area contributed by atoms with Crippen molar-refractivity contribution in [3.63, 3.8) is 0 Å². The number of rotatable bonds is 6. The van der Waals surface area contributed by atoms with Gasteiger partial charge in [-0.3, -0.25) is 0 Å². The van der Waals surface area contributed by atoms with Gasteiger partial charge in [-0.15, -0.1) is 11.3 Å². The zero-order chi connectivity index (χ0) is 12.8. The molecule has 2 aliphatic carbocycles. The first-order valence-electron chi connectivity index (χ1n) is 6.25. The zero-order valence-corrected chi connectivity index (χ0v) is 11.7. The van der Waals surface area contributed by atoms with Crippen molar-refractivity contribution >= 4 is 21.4 Å². The number of sulfonamides is 1. The lowest BCUT2D eigenvalue weighted by molar-refractivity contribution is 0.285. The quantitative estimate of drug-likeness (QED) is 0.837. The minimum absolute atomic E-state index is 0.105. The van der Waals surface area contributed by atoms with Crippen molar-refractivity contribution in [1.82, 2.24) is 4.72 Å². The molecule has 0 aliphatic heterocycles. The molecule has 0 bridgehead atoms. The Balaban J connectivity index is 1.67. The molecule has 0 aromatic carbocycles. The van der Waals surface area contributed by atoms with E-state index in [-0.39, 0.29) is 12.0 Å². The van der Waals surface area contributed by atoms with E-state index in [0.29, 0.717) is 15.6 Å². The Morgan fingerprint density at radius 2 is 2.11 bits per heavy atom. The van der Waals surface area contributed by atoms with Gasteiger partial charge in [-0.05, 0) is 49.1 Å². The van der Waals surface area contributed by atoms with Gasteiger partial charge < -0.3 is 5.11 Å². The molecule has 2 N–H and O–H groups in total. The van der Waals surface area contributed by atoms with Gasteiger partial charge in [0.1, 0.15) is 4.21 Å². The predicted molar refractivity (Wildman–Crippen MR) is 69.8 cm³/mol. The molecule has 2 aliphatic rings. The first-order chi connectivity index (χ1) is 8.56. The second-order valence-electron chi connectivity index (χ2n) is 5.34. The van der Waals surface area contributed by atoms with Crippen LogP contribution in [0.5, 0.6) is 0 Å². The van der Waals surface area contributed by atoms with E-state index in [0.717, 1.165) is 30.1 Å². The molecular weight excluding hydrogens is 270 g/mol. The van der Waals surface area contributed by atoms with Gasteiger partial charge in [0.25, 0.3) is 0 Å². The minimum Gasteiger partial charge on any atom is -0.391 e. The average molecular weight is 287 g/mol. The SMILES string of the molecule is O=S(=O)(NCC1(C2CC2)CC1)c1ccc(CO)s1. The van der Waals surface area contributed by atoms with Crippen LogP contribution in [0.3, 0.4) is 0 Å². The van der Waals surface area contributed by atoms with Gasteiger partial charge in [-0.2, -0.15) is 0 Å². The maximum atomic E-state index is 12.1. The average Bonchev–Trinajstić information content (AvgIpc) is 3.24. The Bertz CT molecular complexity index is 541. The van der Waals surface area contributed by atoms with Crippen LogP contribution in [0.2, 0.25) is 0 Å². The minimum atomic E-state index is -3.39. The molecule has 0 saturated heterocycles. The second-order valence-corrected chi connectivity index (χ2v) is 8.50. The third-order valence-electron chi connectivity index (χ3n) is 4.01. The third-order valence-corrected chi connectivity index (χ3v) is 6.97. The standard InChI is InChI=1S/C12H17NO3S2/c14-7-10-3-4-11(17-10)18(15,16)13-8-12(5-6-12)9-1-2-9/h3-4,9,13-14H,1-2,5-8H2. The maximum absolute atomic E-state index is 12.1. The van der Waals surface area contributed by atoms with E-state index >= 15 is 0 Å². The Hall–Kier alpha value is -0.430. The summed E-state index contributed by atoms with van der Waals surface area (Å²) in [6.07, 6.45) is 4.84. The summed E-state index contributed by atoms with van der Waals surface area (Å²) in [6, 6.07) is 3.22. The first-order valence-corrected chi connectivity index (χ1v) is 8.55. The van der Waals surface area contributed by atoms with Gasteiger partial charge in [0.2, 0.25) is 10.0 Å². The zero-order valence-electron chi connectivity index (χ0n) is 10.1. The highest BCUT2D eigenvalue weighted by atomic mass is 32.2. The van der Waals surface area contributed by atoms with Crippen molar-refractivity contribution in [2.45, 2.75) is 36.5 Å². The van der Waals surface area contributed by atoms with E-state index in [1.807, 2.05) is 0 Å². The number of thiophene rings is 1. The molecule has 1 aromatic heterocycles. The van der Waals surface area contributed by atoms with Gasteiger partial charge in [-0.1, -0.05) is 0 Å². The molecule has 100 valence electrons. The van der Waals surface area contributed by atoms with Crippen molar-refractivity contribution in [3.8, 4) is 0 Å². The van der Waals surface area contributed by atoms with Crippen LogP contribution >= 0.6 is 11.3 Å². The summed E-state index contributed by atoms with van der Waals surface area (Å²) < 4.78 is 27.2. The van der Waals surface area contributed by atoms with Crippen molar-refractivity contribution in [2.75, 3.05) is 6.54 Å². The van der Waals surface area contributed by atoms with Gasteiger partial charge in [0, 0.05) is 11.4 Å². The van der Waals surface area contributed by atoms with Crippen molar-refractivity contribution in [3.05, 3.63) is 17.0 Å². The van der Waals surface area contributed by atoms with Crippen molar-refractivity contribution in [1.29, 1.82) is 0 Å². The largest absolute Gasteiger partial charge is 0.391 e. The van der Waals surface area contributed by atoms with Gasteiger partial charge >= 0.3 is 0 Å². The van der Waals surface area contributed by atoms with Gasteiger partial charge in [0.05, 0.1) is 6.61 Å². The molecule has 2 fully saturated rings. The molecule has 0 unspecified atom stereocenters. The summed E-state index contributed by atoms with van der Waals surface area (Å²) in [5, 5.41) is 8.96. The molecule has 0 spiro atoms. The third kappa shape index (κ3) is 2.34. The molecule has 0 amide bonds. The number of aliphatic hydroxyl groups is 1. The molecular formula is C12H17NO3S2. The Morgan fingerprint density at radius 3 is 2.61 bits per heavy atom. The fourth-order valence-electron chi connectivity index (χ4n) is 2.48. The van der Waals surface area contributed by atoms with E-state index in [2.05, 4.69) is 4.72 Å². The van der Waals surface area contributed by atoms with Gasteiger partial charge in [-0.25, -0.2) is 13.1 Å². The second kappa shape index (κ2) is 4.30. The van der Waals surface area contributed by atoms with Crippen LogP contribution in [0.25, 0.3) is 0 Å². The molecule has 1 aromatic rings. The Morgan fingerprint density at radius 1 is 1.39 bits per heavy atom. The van der Waals surface area contributed by atoms with E-state index in [1.54, 1.807) is 12.1 Å². The summed E-state index contributed by atoms with van der Waals surface area (Å²) in [6.45, 7) is 0.471. The molecule has 0 atom stereocenters. The smallest absolute Gasteiger partial charge is 0.250 e. The van der Waals surface area contributed by atoms with E-state index in [4.69, 9.17) is 5.11 Å².